The number of ether oxygens (including phenoxy) is 1. The van der Waals surface area contributed by atoms with Crippen molar-refractivity contribution in [3.05, 3.63) is 71.2 Å². The van der Waals surface area contributed by atoms with E-state index in [0.29, 0.717) is 5.75 Å². The number of hydrogen-bond donors (Lipinski definition) is 1. The van der Waals surface area contributed by atoms with Gasteiger partial charge in [-0.05, 0) is 44.9 Å². The third-order valence-electron chi connectivity index (χ3n) is 3.24. The molecule has 0 atom stereocenters. The molecule has 1 amide bonds. The zero-order valence-corrected chi connectivity index (χ0v) is 13.3. The van der Waals surface area contributed by atoms with E-state index in [0.717, 1.165) is 20.9 Å². The van der Waals surface area contributed by atoms with Gasteiger partial charge in [0, 0.05) is 5.69 Å². The Bertz CT molecular complexity index is 803. The van der Waals surface area contributed by atoms with Crippen LogP contribution in [-0.4, -0.2) is 12.5 Å². The molecule has 0 aliphatic rings. The number of halogens is 1. The lowest BCUT2D eigenvalue weighted by Gasteiger charge is -2.10. The maximum atomic E-state index is 11.9. The molecule has 3 nitrogen and oxygen atoms in total. The summed E-state index contributed by atoms with van der Waals surface area (Å²) in [4.78, 5) is 11.9. The minimum absolute atomic E-state index is 0.0359. The fourth-order valence-corrected chi connectivity index (χ4v) is 2.79. The van der Waals surface area contributed by atoms with Gasteiger partial charge in [-0.25, -0.2) is 0 Å². The van der Waals surface area contributed by atoms with Gasteiger partial charge in [-0.15, -0.1) is 0 Å². The van der Waals surface area contributed by atoms with Gasteiger partial charge in [0.05, 0.1) is 4.47 Å². The van der Waals surface area contributed by atoms with Crippen LogP contribution in [0.25, 0.3) is 10.8 Å². The average Bonchev–Trinajstić information content (AvgIpc) is 2.55. The van der Waals surface area contributed by atoms with E-state index in [4.69, 9.17) is 4.74 Å². The van der Waals surface area contributed by atoms with Crippen molar-refractivity contribution < 1.29 is 9.53 Å². The maximum absolute atomic E-state index is 11.9. The van der Waals surface area contributed by atoms with Crippen LogP contribution in [0.1, 0.15) is 0 Å². The lowest BCUT2D eigenvalue weighted by Crippen LogP contribution is -2.20. The van der Waals surface area contributed by atoms with Crippen LogP contribution in [0.2, 0.25) is 0 Å². The van der Waals surface area contributed by atoms with Gasteiger partial charge in [0.15, 0.2) is 6.61 Å². The van der Waals surface area contributed by atoms with Crippen LogP contribution in [0.3, 0.4) is 0 Å². The van der Waals surface area contributed by atoms with Gasteiger partial charge in [0.2, 0.25) is 0 Å². The van der Waals surface area contributed by atoms with Crippen LogP contribution in [0, 0.1) is 0 Å². The molecule has 0 aromatic heterocycles. The molecule has 0 fully saturated rings. The summed E-state index contributed by atoms with van der Waals surface area (Å²) in [5.74, 6) is 0.466. The number of benzene rings is 3. The Hall–Kier alpha value is -2.33. The first-order chi connectivity index (χ1) is 10.7. The summed E-state index contributed by atoms with van der Waals surface area (Å²) >= 11 is 3.54. The van der Waals surface area contributed by atoms with Crippen molar-refractivity contribution in [3.8, 4) is 5.75 Å². The van der Waals surface area contributed by atoms with Gasteiger partial charge >= 0.3 is 0 Å². The number of para-hydroxylation sites is 1. The number of anilines is 1. The van der Waals surface area contributed by atoms with Crippen LogP contribution in [0.4, 0.5) is 5.69 Å². The highest BCUT2D eigenvalue weighted by Gasteiger charge is 2.08. The molecule has 0 saturated carbocycles. The second-order valence-electron chi connectivity index (χ2n) is 4.80. The molecular formula is C18H14BrNO2. The molecule has 0 aliphatic carbocycles. The largest absolute Gasteiger partial charge is 0.483 e. The number of hydrogen-bond acceptors (Lipinski definition) is 2. The second-order valence-corrected chi connectivity index (χ2v) is 5.59. The molecule has 0 heterocycles. The summed E-state index contributed by atoms with van der Waals surface area (Å²) in [6.45, 7) is -0.0359. The van der Waals surface area contributed by atoms with Crippen LogP contribution in [0.15, 0.2) is 71.2 Å². The number of rotatable bonds is 4. The quantitative estimate of drug-likeness (QED) is 0.741. The maximum Gasteiger partial charge on any atom is 0.262 e. The first-order valence-corrected chi connectivity index (χ1v) is 7.68. The van der Waals surface area contributed by atoms with Gasteiger partial charge in [-0.1, -0.05) is 48.5 Å². The van der Waals surface area contributed by atoms with Crippen molar-refractivity contribution in [2.24, 2.45) is 0 Å². The van der Waals surface area contributed by atoms with Gasteiger partial charge in [-0.3, -0.25) is 4.79 Å². The Balaban J connectivity index is 1.69. The van der Waals surface area contributed by atoms with Crippen molar-refractivity contribution in [1.82, 2.24) is 0 Å². The summed E-state index contributed by atoms with van der Waals surface area (Å²) in [6, 6.07) is 21.2. The smallest absolute Gasteiger partial charge is 0.262 e. The summed E-state index contributed by atoms with van der Waals surface area (Å²) in [5, 5.41) is 4.97. The zero-order chi connectivity index (χ0) is 15.4. The van der Waals surface area contributed by atoms with Crippen LogP contribution in [0.5, 0.6) is 5.75 Å². The van der Waals surface area contributed by atoms with Crippen LogP contribution >= 0.6 is 15.9 Å². The molecule has 0 aliphatic heterocycles. The molecule has 3 aromatic rings. The Morgan fingerprint density at radius 3 is 2.50 bits per heavy atom. The molecule has 0 saturated heterocycles. The van der Waals surface area contributed by atoms with E-state index in [-0.39, 0.29) is 12.5 Å². The normalized spacial score (nSPS) is 10.4. The van der Waals surface area contributed by atoms with Crippen LogP contribution < -0.4 is 10.1 Å². The van der Waals surface area contributed by atoms with Crippen molar-refractivity contribution in [1.29, 1.82) is 0 Å². The standard InChI is InChI=1S/C18H14BrNO2/c19-18-15-9-5-4-6-13(15)10-11-16(18)22-12-17(21)20-14-7-2-1-3-8-14/h1-11H,12H2,(H,20,21). The first-order valence-electron chi connectivity index (χ1n) is 6.89. The minimum Gasteiger partial charge on any atom is -0.483 e. The molecular weight excluding hydrogens is 342 g/mol. The Labute approximate surface area is 137 Å². The van der Waals surface area contributed by atoms with Crippen molar-refractivity contribution in [2.75, 3.05) is 11.9 Å². The highest BCUT2D eigenvalue weighted by atomic mass is 79.9. The number of carbonyl (C=O) groups excluding carboxylic acids is 1. The van der Waals surface area contributed by atoms with Gasteiger partial charge in [0.1, 0.15) is 5.75 Å². The van der Waals surface area contributed by atoms with Crippen LogP contribution in [-0.2, 0) is 4.79 Å². The van der Waals surface area contributed by atoms with Crippen molar-refractivity contribution in [3.63, 3.8) is 0 Å². The minimum atomic E-state index is -0.189. The SMILES string of the molecule is O=C(COc1ccc2ccccc2c1Br)Nc1ccccc1. The molecule has 0 unspecified atom stereocenters. The Morgan fingerprint density at radius 1 is 0.955 bits per heavy atom. The lowest BCUT2D eigenvalue weighted by molar-refractivity contribution is -0.118. The summed E-state index contributed by atoms with van der Waals surface area (Å²) < 4.78 is 6.48. The molecule has 4 heteroatoms. The van der Waals surface area contributed by atoms with E-state index >= 15 is 0 Å². The van der Waals surface area contributed by atoms with E-state index < -0.39 is 0 Å². The molecule has 3 rings (SSSR count). The number of nitrogens with one attached hydrogen (secondary N) is 1. The summed E-state index contributed by atoms with van der Waals surface area (Å²) in [7, 11) is 0. The highest BCUT2D eigenvalue weighted by molar-refractivity contribution is 9.10. The first kappa shape index (κ1) is 14.6. The molecule has 1 N–H and O–H groups in total. The molecule has 22 heavy (non-hydrogen) atoms. The zero-order valence-electron chi connectivity index (χ0n) is 11.8. The van der Waals surface area contributed by atoms with E-state index in [1.807, 2.05) is 66.7 Å². The number of carbonyl (C=O) groups is 1. The molecule has 110 valence electrons. The van der Waals surface area contributed by atoms with E-state index in [2.05, 4.69) is 21.2 Å². The van der Waals surface area contributed by atoms with Gasteiger partial charge in [0.25, 0.3) is 5.91 Å². The van der Waals surface area contributed by atoms with Crippen molar-refractivity contribution in [2.45, 2.75) is 0 Å². The lowest BCUT2D eigenvalue weighted by atomic mass is 10.1. The Kier molecular flexibility index (Phi) is 4.39. The monoisotopic (exact) mass is 355 g/mol. The van der Waals surface area contributed by atoms with Gasteiger partial charge < -0.3 is 10.1 Å². The fraction of sp³-hybridized carbons (Fsp3) is 0.0556. The third-order valence-corrected chi connectivity index (χ3v) is 4.06. The second kappa shape index (κ2) is 6.62. The fourth-order valence-electron chi connectivity index (χ4n) is 2.19. The molecule has 3 aromatic carbocycles. The van der Waals surface area contributed by atoms with Crippen molar-refractivity contribution >= 4 is 38.3 Å². The van der Waals surface area contributed by atoms with Gasteiger partial charge in [-0.2, -0.15) is 0 Å². The topological polar surface area (TPSA) is 38.3 Å². The summed E-state index contributed by atoms with van der Waals surface area (Å²) in [6.07, 6.45) is 0. The Morgan fingerprint density at radius 2 is 1.68 bits per heavy atom. The average molecular weight is 356 g/mol. The van der Waals surface area contributed by atoms with E-state index in [1.54, 1.807) is 0 Å². The predicted molar refractivity (Wildman–Crippen MR) is 92.2 cm³/mol. The predicted octanol–water partition coefficient (Wildman–Crippen LogP) is 4.62. The van der Waals surface area contributed by atoms with E-state index in [1.165, 1.54) is 0 Å². The number of amides is 1. The third kappa shape index (κ3) is 3.28. The highest BCUT2D eigenvalue weighted by Crippen LogP contribution is 2.32. The summed E-state index contributed by atoms with van der Waals surface area (Å²) in [5.41, 5.74) is 0.758. The molecule has 0 radical (unpaired) electrons. The molecule has 0 bridgehead atoms. The molecule has 0 spiro atoms. The van der Waals surface area contributed by atoms with E-state index in [9.17, 15) is 4.79 Å². The number of fused-ring (bicyclic) bond motifs is 1.